The van der Waals surface area contributed by atoms with E-state index in [-0.39, 0.29) is 51.0 Å². The first-order valence-electron chi connectivity index (χ1n) is 10.6. The predicted molar refractivity (Wildman–Crippen MR) is 118 cm³/mol. The molecule has 0 saturated carbocycles. The number of carbonyl (C=O) groups is 4. The average molecular weight is 451 g/mol. The van der Waals surface area contributed by atoms with Gasteiger partial charge in [-0.1, -0.05) is 37.3 Å². The third-order valence-corrected chi connectivity index (χ3v) is 4.38. The minimum absolute atomic E-state index is 0.0332. The summed E-state index contributed by atoms with van der Waals surface area (Å²) in [5.74, 6) is -2.08. The molecule has 9 nitrogen and oxygen atoms in total. The third-order valence-electron chi connectivity index (χ3n) is 4.38. The molecule has 0 spiro atoms. The van der Waals surface area contributed by atoms with Gasteiger partial charge in [-0.05, 0) is 32.8 Å². The average Bonchev–Trinajstić information content (AvgIpc) is 2.71. The molecule has 0 aromatic heterocycles. The van der Waals surface area contributed by atoms with Crippen molar-refractivity contribution in [2.75, 3.05) is 19.6 Å². The first-order valence-corrected chi connectivity index (χ1v) is 10.6. The Morgan fingerprint density at radius 3 is 2.31 bits per heavy atom. The molecule has 0 aliphatic rings. The van der Waals surface area contributed by atoms with Gasteiger partial charge in [0.1, 0.15) is 12.2 Å². The topological polar surface area (TPSA) is 122 Å². The number of esters is 1. The number of hydrogen-bond acceptors (Lipinski definition) is 6. The first kappa shape index (κ1) is 26.9. The molecule has 9 heteroatoms. The van der Waals surface area contributed by atoms with Gasteiger partial charge in [-0.15, -0.1) is 0 Å². The highest BCUT2D eigenvalue weighted by Crippen LogP contribution is 2.14. The van der Waals surface area contributed by atoms with E-state index in [1.807, 2.05) is 30.3 Å². The standard InChI is InChI=1S/C23H34N2O7/c1-17(21(29)32-23(2,3)4)10-11-19(26)24-13-15-25(14-12-20(27)28)22(30)31-16-18-8-6-5-7-9-18/h5-9,17H,10-16H2,1-4H3,(H,24,26)(H,27,28)/t17-/m0/s1. The van der Waals surface area contributed by atoms with E-state index in [4.69, 9.17) is 14.6 Å². The Balaban J connectivity index is 2.44. The van der Waals surface area contributed by atoms with Crippen molar-refractivity contribution in [3.8, 4) is 0 Å². The molecule has 178 valence electrons. The molecule has 32 heavy (non-hydrogen) atoms. The fourth-order valence-corrected chi connectivity index (χ4v) is 2.62. The Morgan fingerprint density at radius 1 is 1.06 bits per heavy atom. The summed E-state index contributed by atoms with van der Waals surface area (Å²) < 4.78 is 10.6. The van der Waals surface area contributed by atoms with Crippen molar-refractivity contribution in [2.24, 2.45) is 5.92 Å². The number of carbonyl (C=O) groups excluding carboxylic acids is 3. The highest BCUT2D eigenvalue weighted by atomic mass is 16.6. The molecule has 1 atom stereocenters. The van der Waals surface area contributed by atoms with E-state index in [1.54, 1.807) is 27.7 Å². The number of nitrogens with zero attached hydrogens (tertiary/aromatic N) is 1. The molecule has 0 aliphatic heterocycles. The minimum Gasteiger partial charge on any atom is -0.481 e. The Hall–Kier alpha value is -3.10. The molecular formula is C23H34N2O7. The number of carboxylic acid groups (broad SMARTS) is 1. The lowest BCUT2D eigenvalue weighted by Gasteiger charge is -2.22. The summed E-state index contributed by atoms with van der Waals surface area (Å²) in [5.41, 5.74) is 0.230. The zero-order valence-corrected chi connectivity index (χ0v) is 19.3. The summed E-state index contributed by atoms with van der Waals surface area (Å²) in [4.78, 5) is 48.6. The highest BCUT2D eigenvalue weighted by molar-refractivity contribution is 5.78. The van der Waals surface area contributed by atoms with Crippen molar-refractivity contribution >= 4 is 23.9 Å². The largest absolute Gasteiger partial charge is 0.481 e. The first-order chi connectivity index (χ1) is 15.0. The van der Waals surface area contributed by atoms with Crippen LogP contribution >= 0.6 is 0 Å². The van der Waals surface area contributed by atoms with Gasteiger partial charge in [-0.2, -0.15) is 0 Å². The van der Waals surface area contributed by atoms with Crippen LogP contribution in [0.4, 0.5) is 4.79 Å². The second kappa shape index (κ2) is 13.3. The molecule has 2 N–H and O–H groups in total. The smallest absolute Gasteiger partial charge is 0.410 e. The van der Waals surface area contributed by atoms with Gasteiger partial charge in [-0.3, -0.25) is 14.4 Å². The maximum absolute atomic E-state index is 12.4. The summed E-state index contributed by atoms with van der Waals surface area (Å²) in [6.45, 7) is 7.33. The van der Waals surface area contributed by atoms with Crippen LogP contribution < -0.4 is 5.32 Å². The number of rotatable bonds is 12. The van der Waals surface area contributed by atoms with E-state index in [0.717, 1.165) is 5.56 Å². The van der Waals surface area contributed by atoms with Crippen LogP contribution in [0, 0.1) is 5.92 Å². The van der Waals surface area contributed by atoms with E-state index < -0.39 is 23.6 Å². The molecule has 0 bridgehead atoms. The molecule has 0 fully saturated rings. The van der Waals surface area contributed by atoms with Crippen LogP contribution in [0.2, 0.25) is 0 Å². The Morgan fingerprint density at radius 2 is 1.72 bits per heavy atom. The van der Waals surface area contributed by atoms with Gasteiger partial charge in [0.15, 0.2) is 0 Å². The molecule has 2 amide bonds. The van der Waals surface area contributed by atoms with Crippen LogP contribution in [0.25, 0.3) is 0 Å². The quantitative estimate of drug-likeness (QED) is 0.469. The molecule has 0 saturated heterocycles. The number of aliphatic carboxylic acids is 1. The summed E-state index contributed by atoms with van der Waals surface area (Å²) in [5, 5.41) is 11.6. The van der Waals surface area contributed by atoms with Gasteiger partial charge in [0.2, 0.25) is 5.91 Å². The normalized spacial score (nSPS) is 11.9. The fourth-order valence-electron chi connectivity index (χ4n) is 2.62. The van der Waals surface area contributed by atoms with Gasteiger partial charge in [-0.25, -0.2) is 4.79 Å². The fraction of sp³-hybridized carbons (Fsp3) is 0.565. The monoisotopic (exact) mass is 450 g/mol. The lowest BCUT2D eigenvalue weighted by Crippen LogP contribution is -2.40. The molecule has 1 aromatic rings. The molecule has 0 radical (unpaired) electrons. The number of carboxylic acids is 1. The molecule has 1 aromatic carbocycles. The zero-order valence-electron chi connectivity index (χ0n) is 19.3. The van der Waals surface area contributed by atoms with Crippen LogP contribution in [0.3, 0.4) is 0 Å². The predicted octanol–water partition coefficient (Wildman–Crippen LogP) is 2.97. The minimum atomic E-state index is -1.04. The van der Waals surface area contributed by atoms with Crippen molar-refractivity contribution in [3.63, 3.8) is 0 Å². The Labute approximate surface area is 189 Å². The van der Waals surface area contributed by atoms with Gasteiger partial charge in [0.05, 0.1) is 12.3 Å². The molecule has 0 unspecified atom stereocenters. The van der Waals surface area contributed by atoms with Crippen molar-refractivity contribution < 1.29 is 33.8 Å². The number of amides is 2. The summed E-state index contributed by atoms with van der Waals surface area (Å²) in [6, 6.07) is 9.12. The van der Waals surface area contributed by atoms with E-state index >= 15 is 0 Å². The number of ether oxygens (including phenoxy) is 2. The van der Waals surface area contributed by atoms with Gasteiger partial charge < -0.3 is 24.8 Å². The van der Waals surface area contributed by atoms with E-state index in [1.165, 1.54) is 4.90 Å². The van der Waals surface area contributed by atoms with Crippen molar-refractivity contribution in [3.05, 3.63) is 35.9 Å². The van der Waals surface area contributed by atoms with Crippen LogP contribution in [0.5, 0.6) is 0 Å². The van der Waals surface area contributed by atoms with Crippen molar-refractivity contribution in [1.29, 1.82) is 0 Å². The van der Waals surface area contributed by atoms with Crippen molar-refractivity contribution in [2.45, 2.75) is 59.2 Å². The molecule has 0 aliphatic carbocycles. The van der Waals surface area contributed by atoms with E-state index in [0.29, 0.717) is 6.42 Å². The number of hydrogen-bond donors (Lipinski definition) is 2. The van der Waals surface area contributed by atoms with Crippen LogP contribution in [-0.2, 0) is 30.5 Å². The Bertz CT molecular complexity index is 759. The maximum Gasteiger partial charge on any atom is 0.410 e. The molecular weight excluding hydrogens is 416 g/mol. The highest BCUT2D eigenvalue weighted by Gasteiger charge is 2.22. The summed E-state index contributed by atoms with van der Waals surface area (Å²) in [7, 11) is 0. The summed E-state index contributed by atoms with van der Waals surface area (Å²) >= 11 is 0. The zero-order chi connectivity index (χ0) is 24.1. The van der Waals surface area contributed by atoms with Gasteiger partial charge >= 0.3 is 18.0 Å². The maximum atomic E-state index is 12.4. The number of nitrogens with one attached hydrogen (secondary N) is 1. The lowest BCUT2D eigenvalue weighted by molar-refractivity contribution is -0.159. The summed E-state index contributed by atoms with van der Waals surface area (Å²) in [6.07, 6.45) is -0.416. The Kier molecular flexibility index (Phi) is 11.2. The van der Waals surface area contributed by atoms with Gasteiger partial charge in [0.25, 0.3) is 0 Å². The second-order valence-electron chi connectivity index (χ2n) is 8.49. The van der Waals surface area contributed by atoms with Crippen molar-refractivity contribution in [1.82, 2.24) is 10.2 Å². The second-order valence-corrected chi connectivity index (χ2v) is 8.49. The SMILES string of the molecule is C[C@@H](CCC(=O)NCCN(CCC(=O)O)C(=O)OCc1ccccc1)C(=O)OC(C)(C)C. The van der Waals surface area contributed by atoms with E-state index in [2.05, 4.69) is 5.32 Å². The van der Waals surface area contributed by atoms with Crippen LogP contribution in [-0.4, -0.2) is 59.2 Å². The number of benzene rings is 1. The third kappa shape index (κ3) is 11.9. The van der Waals surface area contributed by atoms with Crippen LogP contribution in [0.1, 0.15) is 52.5 Å². The molecule has 1 rings (SSSR count). The van der Waals surface area contributed by atoms with E-state index in [9.17, 15) is 19.2 Å². The van der Waals surface area contributed by atoms with Crippen LogP contribution in [0.15, 0.2) is 30.3 Å². The van der Waals surface area contributed by atoms with Gasteiger partial charge in [0, 0.05) is 26.1 Å². The lowest BCUT2D eigenvalue weighted by atomic mass is 10.0. The molecule has 0 heterocycles.